The van der Waals surface area contributed by atoms with Gasteiger partial charge < -0.3 is 5.73 Å². The molecule has 0 aliphatic heterocycles. The van der Waals surface area contributed by atoms with Crippen molar-refractivity contribution in [1.82, 2.24) is 0 Å². The largest absolute Gasteiger partial charge is 0.399 e. The van der Waals surface area contributed by atoms with E-state index in [1.165, 1.54) is 4.70 Å². The Bertz CT molecular complexity index is 433. The lowest BCUT2D eigenvalue weighted by molar-refractivity contribution is 1.65. The maximum atomic E-state index is 6.07. The maximum absolute atomic E-state index is 6.07. The van der Waals surface area contributed by atoms with Gasteiger partial charge in [-0.15, -0.1) is 11.3 Å². The summed E-state index contributed by atoms with van der Waals surface area (Å²) >= 11 is 7.77. The zero-order valence-electron chi connectivity index (χ0n) is 6.60. The van der Waals surface area contributed by atoms with Gasteiger partial charge in [-0.05, 0) is 25.1 Å². The maximum Gasteiger partial charge on any atom is 0.0621 e. The fraction of sp³-hybridized carbons (Fsp3) is 0.111. The fourth-order valence-corrected chi connectivity index (χ4v) is 2.47. The third-order valence-electron chi connectivity index (χ3n) is 1.81. The summed E-state index contributed by atoms with van der Waals surface area (Å²) in [5.41, 5.74) is 6.41. The topological polar surface area (TPSA) is 26.0 Å². The van der Waals surface area contributed by atoms with Crippen LogP contribution in [-0.2, 0) is 0 Å². The first kappa shape index (κ1) is 7.90. The number of nitrogens with two attached hydrogens (primary N) is 1. The van der Waals surface area contributed by atoms with Gasteiger partial charge in [0.25, 0.3) is 0 Å². The van der Waals surface area contributed by atoms with Gasteiger partial charge in [0, 0.05) is 20.7 Å². The van der Waals surface area contributed by atoms with Crippen LogP contribution < -0.4 is 5.73 Å². The number of fused-ring (bicyclic) bond motifs is 1. The van der Waals surface area contributed by atoms with Crippen LogP contribution in [0.2, 0.25) is 5.02 Å². The van der Waals surface area contributed by atoms with Gasteiger partial charge in [-0.3, -0.25) is 0 Å². The number of aryl methyl sites for hydroxylation is 1. The Labute approximate surface area is 79.8 Å². The summed E-state index contributed by atoms with van der Waals surface area (Å²) < 4.78 is 1.20. The molecule has 0 radical (unpaired) electrons. The number of hydrogen-bond acceptors (Lipinski definition) is 2. The van der Waals surface area contributed by atoms with Gasteiger partial charge >= 0.3 is 0 Å². The van der Waals surface area contributed by atoms with E-state index >= 15 is 0 Å². The van der Waals surface area contributed by atoms with Gasteiger partial charge in [0.1, 0.15) is 0 Å². The molecular weight excluding hydrogens is 190 g/mol. The first-order valence-corrected chi connectivity index (χ1v) is 4.82. The van der Waals surface area contributed by atoms with E-state index in [1.54, 1.807) is 11.3 Å². The van der Waals surface area contributed by atoms with Gasteiger partial charge in [0.15, 0.2) is 0 Å². The highest BCUT2D eigenvalue weighted by Crippen LogP contribution is 2.35. The molecule has 0 aliphatic rings. The Kier molecular flexibility index (Phi) is 1.74. The van der Waals surface area contributed by atoms with E-state index in [-0.39, 0.29) is 0 Å². The predicted octanol–water partition coefficient (Wildman–Crippen LogP) is 3.45. The van der Waals surface area contributed by atoms with Crippen LogP contribution in [0.25, 0.3) is 10.1 Å². The Morgan fingerprint density at radius 2 is 2.17 bits per heavy atom. The zero-order chi connectivity index (χ0) is 8.72. The second kappa shape index (κ2) is 2.64. The molecule has 3 heteroatoms. The van der Waals surface area contributed by atoms with Gasteiger partial charge in [0.2, 0.25) is 0 Å². The third-order valence-corrected chi connectivity index (χ3v) is 3.50. The number of rotatable bonds is 0. The Balaban J connectivity index is 2.88. The molecule has 2 rings (SSSR count). The number of benzene rings is 1. The van der Waals surface area contributed by atoms with Crippen LogP contribution >= 0.6 is 22.9 Å². The molecular formula is C9H8ClNS. The van der Waals surface area contributed by atoms with E-state index in [1.807, 2.05) is 25.1 Å². The summed E-state index contributed by atoms with van der Waals surface area (Å²) in [5.74, 6) is 0. The van der Waals surface area contributed by atoms with Crippen molar-refractivity contribution in [3.05, 3.63) is 28.1 Å². The third kappa shape index (κ3) is 1.08. The smallest absolute Gasteiger partial charge is 0.0621 e. The SMILES string of the molecule is Cc1sc2ccc(N)cc2c1Cl. The van der Waals surface area contributed by atoms with Crippen molar-refractivity contribution < 1.29 is 0 Å². The lowest BCUT2D eigenvalue weighted by Crippen LogP contribution is -1.81. The minimum absolute atomic E-state index is 0.766. The monoisotopic (exact) mass is 197 g/mol. The molecule has 0 unspecified atom stereocenters. The van der Waals surface area contributed by atoms with Crippen LogP contribution in [0.1, 0.15) is 4.88 Å². The van der Waals surface area contributed by atoms with E-state index in [4.69, 9.17) is 17.3 Å². The molecule has 0 saturated carbocycles. The van der Waals surface area contributed by atoms with E-state index in [2.05, 4.69) is 0 Å². The Morgan fingerprint density at radius 3 is 2.92 bits per heavy atom. The second-order valence-electron chi connectivity index (χ2n) is 2.73. The van der Waals surface area contributed by atoms with Crippen LogP contribution in [0.5, 0.6) is 0 Å². The van der Waals surface area contributed by atoms with Crippen molar-refractivity contribution in [3.63, 3.8) is 0 Å². The number of hydrogen-bond donors (Lipinski definition) is 1. The summed E-state index contributed by atoms with van der Waals surface area (Å²) in [5, 5.41) is 1.90. The van der Waals surface area contributed by atoms with Gasteiger partial charge in [-0.1, -0.05) is 11.6 Å². The molecule has 0 amide bonds. The van der Waals surface area contributed by atoms with Crippen molar-refractivity contribution >= 4 is 38.7 Å². The molecule has 0 spiro atoms. The number of thiophene rings is 1. The van der Waals surface area contributed by atoms with Crippen molar-refractivity contribution in [2.45, 2.75) is 6.92 Å². The lowest BCUT2D eigenvalue weighted by Gasteiger charge is -1.92. The molecule has 0 bridgehead atoms. The number of halogens is 1. The van der Waals surface area contributed by atoms with Crippen molar-refractivity contribution in [2.75, 3.05) is 5.73 Å². The molecule has 1 aromatic carbocycles. The van der Waals surface area contributed by atoms with Crippen LogP contribution in [-0.4, -0.2) is 0 Å². The van der Waals surface area contributed by atoms with Crippen molar-refractivity contribution in [1.29, 1.82) is 0 Å². The second-order valence-corrected chi connectivity index (χ2v) is 4.36. The Morgan fingerprint density at radius 1 is 1.42 bits per heavy atom. The summed E-state index contributed by atoms with van der Waals surface area (Å²) in [6.45, 7) is 2.02. The summed E-state index contributed by atoms with van der Waals surface area (Å²) in [7, 11) is 0. The van der Waals surface area contributed by atoms with Crippen molar-refractivity contribution in [3.8, 4) is 0 Å². The molecule has 0 fully saturated rings. The minimum atomic E-state index is 0.766. The van der Waals surface area contributed by atoms with Gasteiger partial charge in [-0.2, -0.15) is 0 Å². The molecule has 62 valence electrons. The molecule has 0 saturated heterocycles. The number of nitrogen functional groups attached to an aromatic ring is 1. The molecule has 1 nitrogen and oxygen atoms in total. The first-order chi connectivity index (χ1) is 5.68. The van der Waals surface area contributed by atoms with Crippen LogP contribution in [0.3, 0.4) is 0 Å². The normalized spacial score (nSPS) is 10.8. The standard InChI is InChI=1S/C9H8ClNS/c1-5-9(10)7-4-6(11)2-3-8(7)12-5/h2-4H,11H2,1H3. The molecule has 2 N–H and O–H groups in total. The van der Waals surface area contributed by atoms with E-state index < -0.39 is 0 Å². The minimum Gasteiger partial charge on any atom is -0.399 e. The highest BCUT2D eigenvalue weighted by molar-refractivity contribution is 7.19. The molecule has 0 atom stereocenters. The van der Waals surface area contributed by atoms with Crippen LogP contribution in [0.15, 0.2) is 18.2 Å². The first-order valence-electron chi connectivity index (χ1n) is 3.62. The van der Waals surface area contributed by atoms with Crippen molar-refractivity contribution in [2.24, 2.45) is 0 Å². The van der Waals surface area contributed by atoms with Gasteiger partial charge in [0.05, 0.1) is 5.02 Å². The zero-order valence-corrected chi connectivity index (χ0v) is 8.17. The van der Waals surface area contributed by atoms with E-state index in [9.17, 15) is 0 Å². The fourth-order valence-electron chi connectivity index (χ4n) is 1.21. The van der Waals surface area contributed by atoms with Crippen LogP contribution in [0.4, 0.5) is 5.69 Å². The molecule has 1 aromatic heterocycles. The molecule has 0 aliphatic carbocycles. The quantitative estimate of drug-likeness (QED) is 0.644. The molecule has 2 aromatic rings. The molecule has 12 heavy (non-hydrogen) atoms. The highest BCUT2D eigenvalue weighted by atomic mass is 35.5. The average molecular weight is 198 g/mol. The Hall–Kier alpha value is -0.730. The number of anilines is 1. The summed E-state index contributed by atoms with van der Waals surface area (Å²) in [6.07, 6.45) is 0. The predicted molar refractivity (Wildman–Crippen MR) is 56.0 cm³/mol. The molecule has 1 heterocycles. The average Bonchev–Trinajstić information content (AvgIpc) is 2.31. The van der Waals surface area contributed by atoms with Crippen LogP contribution in [0, 0.1) is 6.92 Å². The van der Waals surface area contributed by atoms with Gasteiger partial charge in [-0.25, -0.2) is 0 Å². The van der Waals surface area contributed by atoms with E-state index in [0.717, 1.165) is 21.0 Å². The highest BCUT2D eigenvalue weighted by Gasteiger charge is 2.05. The lowest BCUT2D eigenvalue weighted by atomic mass is 10.2. The summed E-state index contributed by atoms with van der Waals surface area (Å²) in [6, 6.07) is 5.82. The van der Waals surface area contributed by atoms with E-state index in [0.29, 0.717) is 0 Å². The summed E-state index contributed by atoms with van der Waals surface area (Å²) in [4.78, 5) is 1.15.